The Labute approximate surface area is 114 Å². The summed E-state index contributed by atoms with van der Waals surface area (Å²) in [4.78, 5) is 23.9. The molecule has 1 fully saturated rings. The van der Waals surface area contributed by atoms with E-state index in [2.05, 4.69) is 5.32 Å². The largest absolute Gasteiger partial charge is 0.480 e. The van der Waals surface area contributed by atoms with Crippen molar-refractivity contribution in [2.24, 2.45) is 0 Å². The molecule has 0 spiro atoms. The summed E-state index contributed by atoms with van der Waals surface area (Å²) in [5, 5.41) is 12.9. The summed E-state index contributed by atoms with van der Waals surface area (Å²) in [5.74, 6) is -1.18. The van der Waals surface area contributed by atoms with Crippen molar-refractivity contribution >= 4 is 33.3 Å². The van der Waals surface area contributed by atoms with Crippen molar-refractivity contribution in [3.63, 3.8) is 0 Å². The first-order chi connectivity index (χ1) is 9.00. The van der Waals surface area contributed by atoms with Crippen molar-refractivity contribution in [1.82, 2.24) is 5.32 Å². The van der Waals surface area contributed by atoms with E-state index in [4.69, 9.17) is 0 Å². The van der Waals surface area contributed by atoms with Crippen LogP contribution in [0.2, 0.25) is 0 Å². The average Bonchev–Trinajstić information content (AvgIpc) is 2.91. The molecule has 1 amide bonds. The molecule has 3 rings (SSSR count). The number of hydrogen-bond donors (Lipinski definition) is 2. The fraction of sp³-hybridized carbons (Fsp3) is 0.286. The smallest absolute Gasteiger partial charge is 0.327 e. The fourth-order valence-electron chi connectivity index (χ4n) is 2.63. The predicted molar refractivity (Wildman–Crippen MR) is 73.4 cm³/mol. The Balaban J connectivity index is 2.12. The third kappa shape index (κ3) is 1.81. The lowest BCUT2D eigenvalue weighted by Crippen LogP contribution is -2.44. The molecule has 2 atom stereocenters. The van der Waals surface area contributed by atoms with E-state index in [1.807, 2.05) is 37.3 Å². The normalized spacial score (nSPS) is 26.6. The Bertz CT molecular complexity index is 645. The van der Waals surface area contributed by atoms with Gasteiger partial charge in [-0.3, -0.25) is 4.79 Å². The SMILES string of the molecule is CC1(c2cc3ccccc3s2)CC(=O)NC1C(=O)O. The van der Waals surface area contributed by atoms with Gasteiger partial charge in [-0.1, -0.05) is 25.1 Å². The first-order valence-corrected chi connectivity index (χ1v) is 6.83. The Morgan fingerprint density at radius 2 is 2.21 bits per heavy atom. The van der Waals surface area contributed by atoms with Crippen LogP contribution in [-0.4, -0.2) is 23.0 Å². The molecule has 0 aliphatic carbocycles. The third-order valence-corrected chi connectivity index (χ3v) is 5.10. The van der Waals surface area contributed by atoms with Crippen LogP contribution in [-0.2, 0) is 15.0 Å². The van der Waals surface area contributed by atoms with Crippen molar-refractivity contribution in [2.45, 2.75) is 24.8 Å². The minimum absolute atomic E-state index is 0.202. The Kier molecular flexibility index (Phi) is 2.60. The van der Waals surface area contributed by atoms with Crippen LogP contribution in [0, 0.1) is 0 Å². The molecule has 2 N–H and O–H groups in total. The molecule has 0 bridgehead atoms. The van der Waals surface area contributed by atoms with E-state index < -0.39 is 17.4 Å². The Hall–Kier alpha value is -1.88. The van der Waals surface area contributed by atoms with E-state index in [1.54, 1.807) is 11.3 Å². The summed E-state index contributed by atoms with van der Waals surface area (Å²) in [6.07, 6.45) is 0.219. The molecular weight excluding hydrogens is 262 g/mol. The second kappa shape index (κ2) is 4.06. The van der Waals surface area contributed by atoms with Crippen molar-refractivity contribution in [3.05, 3.63) is 35.2 Å². The molecule has 5 heteroatoms. The number of aliphatic carboxylic acids is 1. The molecular formula is C14H13NO3S. The summed E-state index contributed by atoms with van der Waals surface area (Å²) >= 11 is 1.56. The number of thiophene rings is 1. The van der Waals surface area contributed by atoms with Gasteiger partial charge in [-0.15, -0.1) is 11.3 Å². The molecule has 2 aromatic rings. The molecule has 1 aliphatic heterocycles. The second-order valence-electron chi connectivity index (χ2n) is 5.08. The maximum atomic E-state index is 11.6. The molecule has 1 aliphatic rings. The number of nitrogens with one attached hydrogen (secondary N) is 1. The zero-order valence-corrected chi connectivity index (χ0v) is 11.2. The molecule has 4 nitrogen and oxygen atoms in total. The van der Waals surface area contributed by atoms with Gasteiger partial charge in [0.05, 0.1) is 0 Å². The number of amides is 1. The van der Waals surface area contributed by atoms with Crippen molar-refractivity contribution < 1.29 is 14.7 Å². The highest BCUT2D eigenvalue weighted by molar-refractivity contribution is 7.19. The summed E-state index contributed by atoms with van der Waals surface area (Å²) < 4.78 is 1.11. The van der Waals surface area contributed by atoms with Crippen LogP contribution < -0.4 is 5.32 Å². The standard InChI is InChI=1S/C14H13NO3S/c1-14(7-11(16)15-12(14)13(17)18)10-6-8-4-2-3-5-9(8)19-10/h2-6,12H,7H2,1H3,(H,15,16)(H,17,18). The highest BCUT2D eigenvalue weighted by Gasteiger charge is 2.49. The predicted octanol–water partition coefficient (Wildman–Crippen LogP) is 2.13. The lowest BCUT2D eigenvalue weighted by Gasteiger charge is -2.25. The molecule has 2 unspecified atom stereocenters. The van der Waals surface area contributed by atoms with E-state index in [-0.39, 0.29) is 12.3 Å². The molecule has 1 aromatic heterocycles. The van der Waals surface area contributed by atoms with Gasteiger partial charge in [0.15, 0.2) is 0 Å². The van der Waals surface area contributed by atoms with E-state index in [9.17, 15) is 14.7 Å². The van der Waals surface area contributed by atoms with Gasteiger partial charge >= 0.3 is 5.97 Å². The number of hydrogen-bond acceptors (Lipinski definition) is 3. The number of carbonyl (C=O) groups excluding carboxylic acids is 1. The number of fused-ring (bicyclic) bond motifs is 1. The maximum Gasteiger partial charge on any atom is 0.327 e. The second-order valence-corrected chi connectivity index (χ2v) is 6.17. The van der Waals surface area contributed by atoms with Crippen LogP contribution in [0.1, 0.15) is 18.2 Å². The summed E-state index contributed by atoms with van der Waals surface area (Å²) in [6, 6.07) is 9.06. The summed E-state index contributed by atoms with van der Waals surface area (Å²) in [7, 11) is 0. The van der Waals surface area contributed by atoms with Crippen LogP contribution in [0.25, 0.3) is 10.1 Å². The van der Waals surface area contributed by atoms with Gasteiger partial charge in [-0.2, -0.15) is 0 Å². The highest BCUT2D eigenvalue weighted by atomic mass is 32.1. The number of carboxylic acid groups (broad SMARTS) is 1. The summed E-state index contributed by atoms with van der Waals surface area (Å²) in [6.45, 7) is 1.84. The molecule has 0 radical (unpaired) electrons. The number of rotatable bonds is 2. The van der Waals surface area contributed by atoms with Crippen LogP contribution in [0.15, 0.2) is 30.3 Å². The van der Waals surface area contributed by atoms with Gasteiger partial charge in [-0.05, 0) is 17.5 Å². The first kappa shape index (κ1) is 12.2. The summed E-state index contributed by atoms with van der Waals surface area (Å²) in [5.41, 5.74) is -0.674. The number of benzene rings is 1. The van der Waals surface area contributed by atoms with Gasteiger partial charge in [0.1, 0.15) is 6.04 Å². The minimum atomic E-state index is -0.981. The first-order valence-electron chi connectivity index (χ1n) is 6.02. The number of carbonyl (C=O) groups is 2. The quantitative estimate of drug-likeness (QED) is 0.882. The van der Waals surface area contributed by atoms with Crippen LogP contribution in [0.4, 0.5) is 0 Å². The monoisotopic (exact) mass is 275 g/mol. The Morgan fingerprint density at radius 3 is 2.89 bits per heavy atom. The topological polar surface area (TPSA) is 66.4 Å². The zero-order valence-electron chi connectivity index (χ0n) is 10.3. The van der Waals surface area contributed by atoms with Crippen LogP contribution >= 0.6 is 11.3 Å². The maximum absolute atomic E-state index is 11.6. The lowest BCUT2D eigenvalue weighted by molar-refractivity contribution is -0.141. The van der Waals surface area contributed by atoms with E-state index in [0.717, 1.165) is 15.0 Å². The minimum Gasteiger partial charge on any atom is -0.480 e. The average molecular weight is 275 g/mol. The molecule has 1 saturated heterocycles. The number of carboxylic acids is 1. The van der Waals surface area contributed by atoms with E-state index in [1.165, 1.54) is 0 Å². The van der Waals surface area contributed by atoms with Gasteiger partial charge in [0.25, 0.3) is 0 Å². The zero-order chi connectivity index (χ0) is 13.6. The van der Waals surface area contributed by atoms with Gasteiger partial charge in [0.2, 0.25) is 5.91 Å². The molecule has 1 aromatic carbocycles. The Morgan fingerprint density at radius 1 is 1.47 bits per heavy atom. The lowest BCUT2D eigenvalue weighted by atomic mass is 9.81. The van der Waals surface area contributed by atoms with Crippen molar-refractivity contribution in [2.75, 3.05) is 0 Å². The molecule has 98 valence electrons. The molecule has 2 heterocycles. The third-order valence-electron chi connectivity index (χ3n) is 3.71. The van der Waals surface area contributed by atoms with Gasteiger partial charge in [0, 0.05) is 21.4 Å². The van der Waals surface area contributed by atoms with E-state index in [0.29, 0.717) is 0 Å². The molecule has 19 heavy (non-hydrogen) atoms. The molecule has 0 saturated carbocycles. The van der Waals surface area contributed by atoms with Gasteiger partial charge < -0.3 is 10.4 Å². The van der Waals surface area contributed by atoms with Crippen molar-refractivity contribution in [3.8, 4) is 0 Å². The van der Waals surface area contributed by atoms with E-state index >= 15 is 0 Å². The fourth-order valence-corrected chi connectivity index (χ4v) is 3.87. The van der Waals surface area contributed by atoms with Crippen LogP contribution in [0.5, 0.6) is 0 Å². The highest BCUT2D eigenvalue weighted by Crippen LogP contribution is 2.41. The van der Waals surface area contributed by atoms with Crippen molar-refractivity contribution in [1.29, 1.82) is 0 Å². The van der Waals surface area contributed by atoms with Gasteiger partial charge in [-0.25, -0.2) is 4.79 Å². The van der Waals surface area contributed by atoms with Crippen LogP contribution in [0.3, 0.4) is 0 Å².